The first kappa shape index (κ1) is 17.7. The van der Waals surface area contributed by atoms with Crippen molar-refractivity contribution < 1.29 is 0 Å². The first-order valence-electron chi connectivity index (χ1n) is 9.40. The number of likely N-dealkylation sites (tertiary alicyclic amines) is 1. The lowest BCUT2D eigenvalue weighted by molar-refractivity contribution is 0.304. The second-order valence-corrected chi connectivity index (χ2v) is 7.50. The molecule has 0 aromatic heterocycles. The maximum absolute atomic E-state index is 10.3. The minimum absolute atomic E-state index is 0.458. The summed E-state index contributed by atoms with van der Waals surface area (Å²) in [5, 5.41) is 12.7. The van der Waals surface area contributed by atoms with Crippen molar-refractivity contribution in [3.63, 3.8) is 0 Å². The van der Waals surface area contributed by atoms with Crippen molar-refractivity contribution >= 4 is 10.8 Å². The van der Waals surface area contributed by atoms with Crippen molar-refractivity contribution in [1.29, 1.82) is 5.26 Å². The fourth-order valence-corrected chi connectivity index (χ4v) is 3.88. The zero-order chi connectivity index (χ0) is 17.7. The predicted molar refractivity (Wildman–Crippen MR) is 106 cm³/mol. The Kier molecular flexibility index (Phi) is 5.56. The van der Waals surface area contributed by atoms with E-state index in [1.807, 2.05) is 0 Å². The van der Waals surface area contributed by atoms with Crippen LogP contribution in [0.2, 0.25) is 0 Å². The van der Waals surface area contributed by atoms with E-state index >= 15 is 0 Å². The zero-order valence-corrected chi connectivity index (χ0v) is 15.5. The molecular weight excluding hydrogens is 304 g/mol. The molecule has 0 aliphatic carbocycles. The van der Waals surface area contributed by atoms with Gasteiger partial charge in [0.2, 0.25) is 0 Å². The molecule has 0 radical (unpaired) electrons. The summed E-state index contributed by atoms with van der Waals surface area (Å²) in [5.41, 5.74) is 2.01. The number of nitrogens with zero attached hydrogens (tertiary/aromatic N) is 2. The maximum atomic E-state index is 10.3. The molecule has 1 aliphatic rings. The van der Waals surface area contributed by atoms with Crippen molar-refractivity contribution in [1.82, 2.24) is 4.90 Å². The molecule has 1 heterocycles. The first-order valence-corrected chi connectivity index (χ1v) is 9.40. The number of allylic oxidation sites excluding steroid dienone is 2. The quantitative estimate of drug-likeness (QED) is 0.658. The largest absolute Gasteiger partial charge is 0.303 e. The fourth-order valence-electron chi connectivity index (χ4n) is 3.88. The molecule has 2 nitrogen and oxygen atoms in total. The summed E-state index contributed by atoms with van der Waals surface area (Å²) >= 11 is 0. The molecule has 0 spiro atoms. The summed E-state index contributed by atoms with van der Waals surface area (Å²) in [6.07, 6.45) is 6.49. The van der Waals surface area contributed by atoms with Gasteiger partial charge in [-0.15, -0.1) is 0 Å². The van der Waals surface area contributed by atoms with Crippen LogP contribution in [-0.4, -0.2) is 24.5 Å². The molecule has 2 aromatic rings. The molecule has 1 aliphatic heterocycles. The average molecular weight is 332 g/mol. The Morgan fingerprint density at radius 2 is 1.84 bits per heavy atom. The summed E-state index contributed by atoms with van der Waals surface area (Å²) in [4.78, 5) is 2.51. The first-order chi connectivity index (χ1) is 12.1. The smallest absolute Gasteiger partial charge is 0.0874 e. The van der Waals surface area contributed by atoms with Gasteiger partial charge < -0.3 is 4.90 Å². The monoisotopic (exact) mass is 332 g/mol. The van der Waals surface area contributed by atoms with Crippen LogP contribution < -0.4 is 0 Å². The summed E-state index contributed by atoms with van der Waals surface area (Å²) < 4.78 is 0. The van der Waals surface area contributed by atoms with Gasteiger partial charge in [0.25, 0.3) is 0 Å². The number of hydrogen-bond donors (Lipinski definition) is 0. The lowest BCUT2D eigenvalue weighted by atomic mass is 9.74. The lowest BCUT2D eigenvalue weighted by Gasteiger charge is -2.30. The molecule has 1 fully saturated rings. The minimum atomic E-state index is -0.458. The van der Waals surface area contributed by atoms with Crippen LogP contribution in [0.4, 0.5) is 0 Å². The molecule has 0 bridgehead atoms. The van der Waals surface area contributed by atoms with Gasteiger partial charge in [0, 0.05) is 0 Å². The van der Waals surface area contributed by atoms with Crippen LogP contribution in [0.1, 0.15) is 45.1 Å². The van der Waals surface area contributed by atoms with E-state index in [2.05, 4.69) is 73.4 Å². The van der Waals surface area contributed by atoms with Gasteiger partial charge in [0.15, 0.2) is 0 Å². The third-order valence-corrected chi connectivity index (χ3v) is 5.43. The molecule has 0 N–H and O–H groups in total. The maximum Gasteiger partial charge on any atom is 0.0874 e. The molecule has 3 rings (SSSR count). The molecule has 1 atom stereocenters. The van der Waals surface area contributed by atoms with Gasteiger partial charge >= 0.3 is 0 Å². The van der Waals surface area contributed by atoms with Gasteiger partial charge in [0.05, 0.1) is 11.5 Å². The molecule has 130 valence electrons. The van der Waals surface area contributed by atoms with E-state index in [-0.39, 0.29) is 0 Å². The summed E-state index contributed by atoms with van der Waals surface area (Å²) in [7, 11) is 0. The summed E-state index contributed by atoms with van der Waals surface area (Å²) in [5.74, 6) is 0. The Bertz CT molecular complexity index is 784. The van der Waals surface area contributed by atoms with Gasteiger partial charge in [-0.3, -0.25) is 0 Å². The number of hydrogen-bond acceptors (Lipinski definition) is 2. The van der Waals surface area contributed by atoms with Crippen LogP contribution >= 0.6 is 0 Å². The number of benzene rings is 2. The van der Waals surface area contributed by atoms with Crippen molar-refractivity contribution in [3.8, 4) is 6.07 Å². The van der Waals surface area contributed by atoms with Crippen LogP contribution in [0, 0.1) is 11.3 Å². The Morgan fingerprint density at radius 3 is 2.56 bits per heavy atom. The van der Waals surface area contributed by atoms with Gasteiger partial charge in [-0.2, -0.15) is 5.26 Å². The van der Waals surface area contributed by atoms with Crippen LogP contribution in [0.5, 0.6) is 0 Å². The number of rotatable bonds is 6. The summed E-state index contributed by atoms with van der Waals surface area (Å²) in [6.45, 7) is 7.60. The van der Waals surface area contributed by atoms with Crippen molar-refractivity contribution in [2.24, 2.45) is 0 Å². The highest BCUT2D eigenvalue weighted by Gasteiger charge is 2.33. The second kappa shape index (κ2) is 7.85. The van der Waals surface area contributed by atoms with Crippen molar-refractivity contribution in [3.05, 3.63) is 59.7 Å². The lowest BCUT2D eigenvalue weighted by Crippen LogP contribution is -2.31. The van der Waals surface area contributed by atoms with E-state index in [1.165, 1.54) is 47.8 Å². The fraction of sp³-hybridized carbons (Fsp3) is 0.435. The van der Waals surface area contributed by atoms with Crippen LogP contribution in [0.3, 0.4) is 0 Å². The standard InChI is InChI=1S/C23H28N2/c1-19(2)12-13-23(18-24,14-17-25-15-5-6-16-25)22-11-7-9-20-8-3-4-10-21(20)22/h3-4,7-12H,5-6,13-17H2,1-2H3. The molecule has 0 saturated carbocycles. The van der Waals surface area contributed by atoms with Crippen LogP contribution in [0.25, 0.3) is 10.8 Å². The number of fused-ring (bicyclic) bond motifs is 1. The predicted octanol–water partition coefficient (Wildman–Crippen LogP) is 5.44. The highest BCUT2D eigenvalue weighted by Crippen LogP contribution is 2.37. The van der Waals surface area contributed by atoms with Gasteiger partial charge in [-0.1, -0.05) is 54.1 Å². The molecule has 1 saturated heterocycles. The van der Waals surface area contributed by atoms with Crippen molar-refractivity contribution in [2.75, 3.05) is 19.6 Å². The Hall–Kier alpha value is -2.11. The Morgan fingerprint density at radius 1 is 1.12 bits per heavy atom. The highest BCUT2D eigenvalue weighted by atomic mass is 15.1. The highest BCUT2D eigenvalue weighted by molar-refractivity contribution is 5.87. The molecule has 0 amide bonds. The summed E-state index contributed by atoms with van der Waals surface area (Å²) in [6, 6.07) is 17.6. The molecule has 25 heavy (non-hydrogen) atoms. The van der Waals surface area contributed by atoms with E-state index in [0.717, 1.165) is 19.4 Å². The molecule has 2 aromatic carbocycles. The topological polar surface area (TPSA) is 27.0 Å². The van der Waals surface area contributed by atoms with Gasteiger partial charge in [0.1, 0.15) is 0 Å². The minimum Gasteiger partial charge on any atom is -0.303 e. The Balaban J connectivity index is 2.01. The third-order valence-electron chi connectivity index (χ3n) is 5.43. The van der Waals surface area contributed by atoms with Gasteiger partial charge in [-0.05, 0) is 75.5 Å². The molecule has 2 heteroatoms. The van der Waals surface area contributed by atoms with Crippen LogP contribution in [-0.2, 0) is 5.41 Å². The van der Waals surface area contributed by atoms with E-state index < -0.39 is 5.41 Å². The van der Waals surface area contributed by atoms with Crippen molar-refractivity contribution in [2.45, 2.75) is 44.9 Å². The zero-order valence-electron chi connectivity index (χ0n) is 15.5. The Labute approximate surface area is 151 Å². The molecule has 1 unspecified atom stereocenters. The van der Waals surface area contributed by atoms with E-state index in [9.17, 15) is 5.26 Å². The SMILES string of the molecule is CC(C)=CCC(C#N)(CCN1CCCC1)c1cccc2ccccc12. The van der Waals surface area contributed by atoms with E-state index in [1.54, 1.807) is 0 Å². The van der Waals surface area contributed by atoms with Gasteiger partial charge in [-0.25, -0.2) is 0 Å². The molecular formula is C23H28N2. The normalized spacial score (nSPS) is 17.2. The third kappa shape index (κ3) is 3.94. The van der Waals surface area contributed by atoms with Crippen LogP contribution in [0.15, 0.2) is 54.1 Å². The van der Waals surface area contributed by atoms with E-state index in [4.69, 9.17) is 0 Å². The number of nitriles is 1. The average Bonchev–Trinajstić information content (AvgIpc) is 3.15. The van der Waals surface area contributed by atoms with E-state index in [0.29, 0.717) is 0 Å². The second-order valence-electron chi connectivity index (χ2n) is 7.50.